The SMILES string of the molecule is O=C1OC(c2ccc(Br)cc2)=C/C1=C/c1ccc(-c2ccc(C(=O)O)c(Cl)c2)o1. The molecule has 5 nitrogen and oxygen atoms in total. The number of hydrogen-bond acceptors (Lipinski definition) is 4. The van der Waals surface area contributed by atoms with Gasteiger partial charge in [-0.3, -0.25) is 0 Å². The second-order valence-electron chi connectivity index (χ2n) is 6.21. The van der Waals surface area contributed by atoms with Crippen LogP contribution in [0.2, 0.25) is 5.02 Å². The van der Waals surface area contributed by atoms with E-state index in [0.717, 1.165) is 10.0 Å². The van der Waals surface area contributed by atoms with Crippen LogP contribution < -0.4 is 0 Å². The summed E-state index contributed by atoms with van der Waals surface area (Å²) < 4.78 is 12.0. The molecule has 0 aliphatic carbocycles. The number of cyclic esters (lactones) is 1. The summed E-state index contributed by atoms with van der Waals surface area (Å²) in [5.41, 5.74) is 1.80. The Balaban J connectivity index is 1.60. The summed E-state index contributed by atoms with van der Waals surface area (Å²) in [6, 6.07) is 15.4. The summed E-state index contributed by atoms with van der Waals surface area (Å²) >= 11 is 9.39. The van der Waals surface area contributed by atoms with Gasteiger partial charge in [-0.15, -0.1) is 0 Å². The van der Waals surface area contributed by atoms with Crippen molar-refractivity contribution >= 4 is 51.3 Å². The number of rotatable bonds is 4. The lowest BCUT2D eigenvalue weighted by atomic mass is 10.1. The molecule has 1 aliphatic heterocycles. The largest absolute Gasteiger partial charge is 0.478 e. The van der Waals surface area contributed by atoms with Crippen molar-refractivity contribution in [2.24, 2.45) is 0 Å². The van der Waals surface area contributed by atoms with Gasteiger partial charge in [0.05, 0.1) is 16.2 Å². The minimum absolute atomic E-state index is 0.0172. The molecule has 144 valence electrons. The molecule has 0 radical (unpaired) electrons. The highest BCUT2D eigenvalue weighted by molar-refractivity contribution is 9.10. The van der Waals surface area contributed by atoms with Crippen LogP contribution in [0.1, 0.15) is 21.7 Å². The summed E-state index contributed by atoms with van der Waals surface area (Å²) in [6.45, 7) is 0. The van der Waals surface area contributed by atoms with Gasteiger partial charge in [0.25, 0.3) is 0 Å². The summed E-state index contributed by atoms with van der Waals surface area (Å²) in [5.74, 6) is -0.135. The van der Waals surface area contributed by atoms with Crippen molar-refractivity contribution in [2.45, 2.75) is 0 Å². The maximum absolute atomic E-state index is 12.2. The molecule has 0 saturated heterocycles. The Kier molecular flexibility index (Phi) is 5.13. The molecule has 4 rings (SSSR count). The normalized spacial score (nSPS) is 14.8. The van der Waals surface area contributed by atoms with Gasteiger partial charge in [-0.25, -0.2) is 9.59 Å². The van der Waals surface area contributed by atoms with Gasteiger partial charge in [0.1, 0.15) is 17.3 Å². The van der Waals surface area contributed by atoms with Crippen molar-refractivity contribution in [1.82, 2.24) is 0 Å². The average molecular weight is 472 g/mol. The first-order chi connectivity index (χ1) is 13.9. The number of carbonyl (C=O) groups is 2. The fraction of sp³-hybridized carbons (Fsp3) is 0. The van der Waals surface area contributed by atoms with Gasteiger partial charge in [0.2, 0.25) is 0 Å². The van der Waals surface area contributed by atoms with E-state index in [2.05, 4.69) is 15.9 Å². The van der Waals surface area contributed by atoms with Crippen LogP contribution in [0.25, 0.3) is 23.2 Å². The van der Waals surface area contributed by atoms with E-state index in [0.29, 0.717) is 28.4 Å². The minimum Gasteiger partial charge on any atom is -0.478 e. The minimum atomic E-state index is -1.10. The molecule has 0 atom stereocenters. The molecular formula is C22H12BrClO5. The molecule has 1 aliphatic rings. The molecule has 0 saturated carbocycles. The molecule has 2 heterocycles. The highest BCUT2D eigenvalue weighted by Crippen LogP contribution is 2.31. The fourth-order valence-corrected chi connectivity index (χ4v) is 3.35. The molecule has 1 aromatic heterocycles. The van der Waals surface area contributed by atoms with E-state index in [-0.39, 0.29) is 10.6 Å². The van der Waals surface area contributed by atoms with Gasteiger partial charge in [0.15, 0.2) is 0 Å². The lowest BCUT2D eigenvalue weighted by Gasteiger charge is -2.01. The molecule has 1 N–H and O–H groups in total. The van der Waals surface area contributed by atoms with E-state index in [1.54, 1.807) is 30.4 Å². The van der Waals surface area contributed by atoms with Crippen LogP contribution in [0.15, 0.2) is 75.1 Å². The predicted molar refractivity (Wildman–Crippen MR) is 112 cm³/mol. The summed E-state index contributed by atoms with van der Waals surface area (Å²) in [4.78, 5) is 23.3. The molecule has 3 aromatic rings. The average Bonchev–Trinajstić information content (AvgIpc) is 3.29. The van der Waals surface area contributed by atoms with Crippen molar-refractivity contribution in [3.05, 3.63) is 92.6 Å². The van der Waals surface area contributed by atoms with Crippen molar-refractivity contribution < 1.29 is 23.8 Å². The van der Waals surface area contributed by atoms with Crippen LogP contribution in [0.5, 0.6) is 0 Å². The number of ether oxygens (including phenoxy) is 1. The van der Waals surface area contributed by atoms with Crippen molar-refractivity contribution in [2.75, 3.05) is 0 Å². The van der Waals surface area contributed by atoms with Gasteiger partial charge in [0, 0.05) is 15.6 Å². The zero-order chi connectivity index (χ0) is 20.5. The van der Waals surface area contributed by atoms with Crippen LogP contribution in [-0.4, -0.2) is 17.0 Å². The molecule has 0 amide bonds. The van der Waals surface area contributed by atoms with Crippen molar-refractivity contribution in [3.63, 3.8) is 0 Å². The van der Waals surface area contributed by atoms with Crippen molar-refractivity contribution in [3.8, 4) is 11.3 Å². The first-order valence-corrected chi connectivity index (χ1v) is 9.62. The Morgan fingerprint density at radius 1 is 1.03 bits per heavy atom. The van der Waals surface area contributed by atoms with Crippen LogP contribution in [0, 0.1) is 0 Å². The third-order valence-corrected chi connectivity index (χ3v) is 5.10. The van der Waals surface area contributed by atoms with Gasteiger partial charge < -0.3 is 14.3 Å². The summed E-state index contributed by atoms with van der Waals surface area (Å²) in [7, 11) is 0. The van der Waals surface area contributed by atoms with Crippen LogP contribution in [-0.2, 0) is 9.53 Å². The predicted octanol–water partition coefficient (Wildman–Crippen LogP) is 6.04. The molecule has 29 heavy (non-hydrogen) atoms. The monoisotopic (exact) mass is 470 g/mol. The number of hydrogen-bond donors (Lipinski definition) is 1. The summed E-state index contributed by atoms with van der Waals surface area (Å²) in [6.07, 6.45) is 3.25. The smallest absolute Gasteiger partial charge is 0.343 e. The number of esters is 1. The first-order valence-electron chi connectivity index (χ1n) is 8.45. The molecule has 7 heteroatoms. The topological polar surface area (TPSA) is 76.7 Å². The second-order valence-corrected chi connectivity index (χ2v) is 7.53. The molecule has 0 bridgehead atoms. The van der Waals surface area contributed by atoms with Crippen LogP contribution in [0.3, 0.4) is 0 Å². The number of furan rings is 1. The Morgan fingerprint density at radius 3 is 2.45 bits per heavy atom. The van der Waals surface area contributed by atoms with E-state index in [1.807, 2.05) is 24.3 Å². The highest BCUT2D eigenvalue weighted by Gasteiger charge is 2.22. The number of carboxylic acid groups (broad SMARTS) is 1. The van der Waals surface area contributed by atoms with Crippen LogP contribution in [0.4, 0.5) is 0 Å². The third kappa shape index (κ3) is 4.04. The van der Waals surface area contributed by atoms with E-state index in [1.165, 1.54) is 12.1 Å². The molecule has 2 aromatic carbocycles. The molecule has 0 spiro atoms. The Morgan fingerprint density at radius 2 is 1.76 bits per heavy atom. The number of carbonyl (C=O) groups excluding carboxylic acids is 1. The van der Waals surface area contributed by atoms with Gasteiger partial charge in [-0.1, -0.05) is 45.7 Å². The van der Waals surface area contributed by atoms with Crippen LogP contribution >= 0.6 is 27.5 Å². The first kappa shape index (κ1) is 19.2. The van der Waals surface area contributed by atoms with E-state index >= 15 is 0 Å². The van der Waals surface area contributed by atoms with E-state index < -0.39 is 11.9 Å². The van der Waals surface area contributed by atoms with Gasteiger partial charge >= 0.3 is 11.9 Å². The molecule has 0 fully saturated rings. The molecule has 0 unspecified atom stereocenters. The second kappa shape index (κ2) is 7.73. The van der Waals surface area contributed by atoms with Gasteiger partial charge in [-0.05, 0) is 48.6 Å². The zero-order valence-corrected chi connectivity index (χ0v) is 17.0. The van der Waals surface area contributed by atoms with E-state index in [4.69, 9.17) is 25.9 Å². The quantitative estimate of drug-likeness (QED) is 0.371. The third-order valence-electron chi connectivity index (χ3n) is 4.26. The maximum Gasteiger partial charge on any atom is 0.343 e. The Hall–Kier alpha value is -3.09. The number of aromatic carboxylic acids is 1. The lowest BCUT2D eigenvalue weighted by Crippen LogP contribution is -1.97. The van der Waals surface area contributed by atoms with Crippen molar-refractivity contribution in [1.29, 1.82) is 0 Å². The maximum atomic E-state index is 12.2. The standard InChI is InChI=1S/C22H12BrClO5/c23-15-4-1-12(2-5-15)20-11-14(22(27)29-20)9-16-6-8-19(28-16)13-3-7-17(21(25)26)18(24)10-13/h1-11H,(H,25,26)/b14-9-. The Bertz CT molecular complexity index is 1190. The lowest BCUT2D eigenvalue weighted by molar-refractivity contribution is -0.130. The summed E-state index contributed by atoms with van der Waals surface area (Å²) in [5, 5.41) is 9.18. The van der Waals surface area contributed by atoms with E-state index in [9.17, 15) is 9.59 Å². The van der Waals surface area contributed by atoms with Gasteiger partial charge in [-0.2, -0.15) is 0 Å². The fourth-order valence-electron chi connectivity index (χ4n) is 2.83. The number of halogens is 2. The highest BCUT2D eigenvalue weighted by atomic mass is 79.9. The number of carboxylic acids is 1. The zero-order valence-electron chi connectivity index (χ0n) is 14.7. The molecular weight excluding hydrogens is 460 g/mol. The number of benzene rings is 2. The Labute approximate surface area is 179 Å².